The molecule has 0 bridgehead atoms. The SMILES string of the molecule is CC(C)NCC1NCCc2cc(O)ccc21. The lowest BCUT2D eigenvalue weighted by Crippen LogP contribution is -2.38. The number of hydrogen-bond acceptors (Lipinski definition) is 3. The lowest BCUT2D eigenvalue weighted by atomic mass is 9.94. The van der Waals surface area contributed by atoms with Gasteiger partial charge in [0.2, 0.25) is 0 Å². The highest BCUT2D eigenvalue weighted by Crippen LogP contribution is 2.25. The minimum atomic E-state index is 0.367. The summed E-state index contributed by atoms with van der Waals surface area (Å²) >= 11 is 0. The van der Waals surface area contributed by atoms with E-state index < -0.39 is 0 Å². The molecule has 1 atom stereocenters. The van der Waals surface area contributed by atoms with Crippen LogP contribution in [0, 0.1) is 0 Å². The van der Waals surface area contributed by atoms with Crippen molar-refractivity contribution in [3.63, 3.8) is 0 Å². The van der Waals surface area contributed by atoms with Crippen molar-refractivity contribution in [2.24, 2.45) is 0 Å². The van der Waals surface area contributed by atoms with Crippen LogP contribution in [0.5, 0.6) is 5.75 Å². The number of fused-ring (bicyclic) bond motifs is 1. The van der Waals surface area contributed by atoms with Crippen molar-refractivity contribution in [3.05, 3.63) is 29.3 Å². The molecule has 1 aliphatic rings. The van der Waals surface area contributed by atoms with Crippen LogP contribution in [-0.2, 0) is 6.42 Å². The third kappa shape index (κ3) is 2.54. The quantitative estimate of drug-likeness (QED) is 0.724. The van der Waals surface area contributed by atoms with Crippen molar-refractivity contribution >= 4 is 0 Å². The Bertz CT molecular complexity index is 363. The van der Waals surface area contributed by atoms with Gasteiger partial charge in [0.1, 0.15) is 5.75 Å². The molecule has 2 rings (SSSR count). The second kappa shape index (κ2) is 4.85. The van der Waals surface area contributed by atoms with Gasteiger partial charge >= 0.3 is 0 Å². The summed E-state index contributed by atoms with van der Waals surface area (Å²) in [6.45, 7) is 6.23. The van der Waals surface area contributed by atoms with Crippen molar-refractivity contribution in [2.45, 2.75) is 32.4 Å². The molecular weight excluding hydrogens is 200 g/mol. The summed E-state index contributed by atoms with van der Waals surface area (Å²) in [6, 6.07) is 6.56. The Labute approximate surface area is 96.9 Å². The minimum Gasteiger partial charge on any atom is -0.508 e. The zero-order valence-electron chi connectivity index (χ0n) is 9.96. The van der Waals surface area contributed by atoms with Gasteiger partial charge in [-0.1, -0.05) is 19.9 Å². The van der Waals surface area contributed by atoms with Crippen LogP contribution in [0.15, 0.2) is 18.2 Å². The summed E-state index contributed by atoms with van der Waals surface area (Å²) in [5.41, 5.74) is 2.59. The molecule has 0 amide bonds. The van der Waals surface area contributed by atoms with Crippen molar-refractivity contribution < 1.29 is 5.11 Å². The highest BCUT2D eigenvalue weighted by atomic mass is 16.3. The average Bonchev–Trinajstić information content (AvgIpc) is 2.25. The van der Waals surface area contributed by atoms with Gasteiger partial charge in [0.25, 0.3) is 0 Å². The summed E-state index contributed by atoms with van der Waals surface area (Å²) in [4.78, 5) is 0. The number of rotatable bonds is 3. The van der Waals surface area contributed by atoms with E-state index in [0.717, 1.165) is 19.5 Å². The largest absolute Gasteiger partial charge is 0.508 e. The third-order valence-electron chi connectivity index (χ3n) is 3.02. The first-order valence-corrected chi connectivity index (χ1v) is 5.95. The van der Waals surface area contributed by atoms with Crippen molar-refractivity contribution in [1.82, 2.24) is 10.6 Å². The van der Waals surface area contributed by atoms with Crippen molar-refractivity contribution in [3.8, 4) is 5.75 Å². The number of phenolic OH excluding ortho intramolecular Hbond substituents is 1. The molecule has 3 heteroatoms. The maximum absolute atomic E-state index is 9.46. The van der Waals surface area contributed by atoms with E-state index in [1.54, 1.807) is 6.07 Å². The monoisotopic (exact) mass is 220 g/mol. The first-order valence-electron chi connectivity index (χ1n) is 5.95. The fourth-order valence-corrected chi connectivity index (χ4v) is 2.18. The van der Waals surface area contributed by atoms with E-state index in [-0.39, 0.29) is 0 Å². The molecule has 0 fully saturated rings. The number of nitrogens with one attached hydrogen (secondary N) is 2. The Balaban J connectivity index is 2.13. The summed E-state index contributed by atoms with van der Waals surface area (Å²) in [5, 5.41) is 16.4. The van der Waals surface area contributed by atoms with Crippen molar-refractivity contribution in [2.75, 3.05) is 13.1 Å². The van der Waals surface area contributed by atoms with E-state index in [9.17, 15) is 5.11 Å². The molecule has 1 aliphatic heterocycles. The second-order valence-electron chi connectivity index (χ2n) is 4.70. The highest BCUT2D eigenvalue weighted by Gasteiger charge is 2.19. The molecule has 0 saturated heterocycles. The van der Waals surface area contributed by atoms with Crippen LogP contribution in [0.3, 0.4) is 0 Å². The molecule has 0 spiro atoms. The lowest BCUT2D eigenvalue weighted by molar-refractivity contribution is 0.441. The molecule has 0 radical (unpaired) electrons. The highest BCUT2D eigenvalue weighted by molar-refractivity contribution is 5.38. The van der Waals surface area contributed by atoms with E-state index in [1.807, 2.05) is 12.1 Å². The van der Waals surface area contributed by atoms with Gasteiger partial charge in [-0.3, -0.25) is 0 Å². The Morgan fingerprint density at radius 1 is 1.50 bits per heavy atom. The van der Waals surface area contributed by atoms with Gasteiger partial charge in [0, 0.05) is 18.6 Å². The van der Waals surface area contributed by atoms with E-state index in [4.69, 9.17) is 0 Å². The predicted octanol–water partition coefficient (Wildman–Crippen LogP) is 1.58. The first kappa shape index (κ1) is 11.4. The minimum absolute atomic E-state index is 0.367. The predicted molar refractivity (Wildman–Crippen MR) is 65.7 cm³/mol. The van der Waals surface area contributed by atoms with Gasteiger partial charge in [0.15, 0.2) is 0 Å². The molecule has 1 unspecified atom stereocenters. The van der Waals surface area contributed by atoms with Crippen LogP contribution in [0.2, 0.25) is 0 Å². The first-order chi connectivity index (χ1) is 7.66. The molecule has 1 heterocycles. The smallest absolute Gasteiger partial charge is 0.115 e. The molecule has 88 valence electrons. The molecule has 16 heavy (non-hydrogen) atoms. The summed E-state index contributed by atoms with van der Waals surface area (Å²) in [5.74, 6) is 0.371. The second-order valence-corrected chi connectivity index (χ2v) is 4.70. The van der Waals surface area contributed by atoms with Gasteiger partial charge < -0.3 is 15.7 Å². The molecular formula is C13H20N2O. The Morgan fingerprint density at radius 3 is 3.06 bits per heavy atom. The van der Waals surface area contributed by atoms with Gasteiger partial charge in [0.05, 0.1) is 0 Å². The van der Waals surface area contributed by atoms with E-state index >= 15 is 0 Å². The van der Waals surface area contributed by atoms with E-state index in [0.29, 0.717) is 17.8 Å². The van der Waals surface area contributed by atoms with Gasteiger partial charge in [-0.25, -0.2) is 0 Å². The van der Waals surface area contributed by atoms with Crippen LogP contribution >= 0.6 is 0 Å². The average molecular weight is 220 g/mol. The number of aromatic hydroxyl groups is 1. The fraction of sp³-hybridized carbons (Fsp3) is 0.538. The van der Waals surface area contributed by atoms with Crippen LogP contribution < -0.4 is 10.6 Å². The molecule has 0 saturated carbocycles. The van der Waals surface area contributed by atoms with Gasteiger partial charge in [-0.15, -0.1) is 0 Å². The van der Waals surface area contributed by atoms with E-state index in [1.165, 1.54) is 11.1 Å². The molecule has 3 N–H and O–H groups in total. The van der Waals surface area contributed by atoms with Crippen LogP contribution in [0.4, 0.5) is 0 Å². The zero-order valence-corrected chi connectivity index (χ0v) is 9.96. The van der Waals surface area contributed by atoms with Gasteiger partial charge in [-0.2, -0.15) is 0 Å². The fourth-order valence-electron chi connectivity index (χ4n) is 2.18. The molecule has 0 aromatic heterocycles. The van der Waals surface area contributed by atoms with Crippen LogP contribution in [-0.4, -0.2) is 24.2 Å². The lowest BCUT2D eigenvalue weighted by Gasteiger charge is -2.28. The number of phenols is 1. The summed E-state index contributed by atoms with van der Waals surface area (Å²) in [6.07, 6.45) is 1.00. The topological polar surface area (TPSA) is 44.3 Å². The van der Waals surface area contributed by atoms with Crippen LogP contribution in [0.25, 0.3) is 0 Å². The van der Waals surface area contributed by atoms with Crippen molar-refractivity contribution in [1.29, 1.82) is 0 Å². The zero-order chi connectivity index (χ0) is 11.5. The molecule has 0 aliphatic carbocycles. The summed E-state index contributed by atoms with van der Waals surface area (Å²) < 4.78 is 0. The summed E-state index contributed by atoms with van der Waals surface area (Å²) in [7, 11) is 0. The number of hydrogen-bond donors (Lipinski definition) is 3. The maximum atomic E-state index is 9.46. The Morgan fingerprint density at radius 2 is 2.31 bits per heavy atom. The third-order valence-corrected chi connectivity index (χ3v) is 3.02. The Kier molecular flexibility index (Phi) is 3.46. The Hall–Kier alpha value is -1.06. The molecule has 1 aromatic carbocycles. The normalized spacial score (nSPS) is 19.8. The molecule has 1 aromatic rings. The van der Waals surface area contributed by atoms with Crippen LogP contribution in [0.1, 0.15) is 31.0 Å². The van der Waals surface area contributed by atoms with E-state index in [2.05, 4.69) is 24.5 Å². The standard InChI is InChI=1S/C13H20N2O/c1-9(2)15-8-13-12-4-3-11(16)7-10(12)5-6-14-13/h3-4,7,9,13-16H,5-6,8H2,1-2H3. The number of benzene rings is 1. The maximum Gasteiger partial charge on any atom is 0.115 e. The molecule has 3 nitrogen and oxygen atoms in total. The van der Waals surface area contributed by atoms with Gasteiger partial charge in [-0.05, 0) is 36.2 Å².